The van der Waals surface area contributed by atoms with Crippen LogP contribution in [0.1, 0.15) is 75.2 Å². The van der Waals surface area contributed by atoms with E-state index in [2.05, 4.69) is 17.4 Å². The van der Waals surface area contributed by atoms with Crippen molar-refractivity contribution in [2.45, 2.75) is 58.3 Å². The fourth-order valence-electron chi connectivity index (χ4n) is 4.00. The third-order valence-corrected chi connectivity index (χ3v) is 6.57. The van der Waals surface area contributed by atoms with Crippen LogP contribution < -0.4 is 11.1 Å². The van der Waals surface area contributed by atoms with Crippen molar-refractivity contribution in [2.24, 2.45) is 11.7 Å². The highest BCUT2D eigenvalue weighted by Crippen LogP contribution is 2.39. The van der Waals surface area contributed by atoms with Gasteiger partial charge in [-0.1, -0.05) is 18.5 Å². The Morgan fingerprint density at radius 2 is 2.00 bits per heavy atom. The van der Waals surface area contributed by atoms with E-state index in [1.54, 1.807) is 0 Å². The van der Waals surface area contributed by atoms with E-state index in [1.165, 1.54) is 11.3 Å². The Balaban J connectivity index is 1.64. The van der Waals surface area contributed by atoms with Crippen LogP contribution in [0.3, 0.4) is 0 Å². The number of aryl methyl sites for hydroxylation is 1. The fraction of sp³-hybridized carbons (Fsp3) is 0.526. The van der Waals surface area contributed by atoms with E-state index >= 15 is 0 Å². The van der Waals surface area contributed by atoms with Crippen LogP contribution in [-0.4, -0.2) is 17.0 Å². The Bertz CT molecular complexity index is 868. The van der Waals surface area contributed by atoms with Gasteiger partial charge in [-0.3, -0.25) is 9.59 Å². The Morgan fingerprint density at radius 3 is 2.81 bits per heavy atom. The van der Waals surface area contributed by atoms with E-state index in [-0.39, 0.29) is 5.91 Å². The average molecular weight is 373 g/mol. The minimum absolute atomic E-state index is 0.314. The van der Waals surface area contributed by atoms with Crippen molar-refractivity contribution < 1.29 is 14.1 Å². The van der Waals surface area contributed by atoms with Crippen molar-refractivity contribution in [3.8, 4) is 0 Å². The van der Waals surface area contributed by atoms with Crippen molar-refractivity contribution in [3.63, 3.8) is 0 Å². The molecule has 0 saturated heterocycles. The zero-order valence-electron chi connectivity index (χ0n) is 14.9. The van der Waals surface area contributed by atoms with Crippen LogP contribution in [0.2, 0.25) is 0 Å². The Labute approximate surface area is 156 Å². The van der Waals surface area contributed by atoms with E-state index in [1.807, 2.05) is 0 Å². The predicted octanol–water partition coefficient (Wildman–Crippen LogP) is 3.48. The second-order valence-electron chi connectivity index (χ2n) is 7.37. The van der Waals surface area contributed by atoms with Crippen molar-refractivity contribution >= 4 is 28.2 Å². The number of carbonyl (C=O) groups excluding carboxylic acids is 2. The molecule has 26 heavy (non-hydrogen) atoms. The zero-order valence-corrected chi connectivity index (χ0v) is 15.7. The monoisotopic (exact) mass is 373 g/mol. The molecule has 0 aliphatic heterocycles. The molecule has 138 valence electrons. The van der Waals surface area contributed by atoms with Crippen LogP contribution in [0.5, 0.6) is 0 Å². The van der Waals surface area contributed by atoms with E-state index in [4.69, 9.17) is 10.3 Å². The van der Waals surface area contributed by atoms with E-state index < -0.39 is 5.91 Å². The summed E-state index contributed by atoms with van der Waals surface area (Å²) in [5.74, 6) is 0.608. The minimum Gasteiger partial charge on any atom is -0.365 e. The van der Waals surface area contributed by atoms with Gasteiger partial charge in [0.2, 0.25) is 0 Å². The van der Waals surface area contributed by atoms with Gasteiger partial charge in [-0.05, 0) is 50.0 Å². The van der Waals surface area contributed by atoms with Crippen molar-refractivity contribution in [3.05, 3.63) is 33.0 Å². The molecule has 2 heterocycles. The van der Waals surface area contributed by atoms with Gasteiger partial charge in [-0.25, -0.2) is 0 Å². The topological polar surface area (TPSA) is 98.2 Å². The van der Waals surface area contributed by atoms with Gasteiger partial charge >= 0.3 is 0 Å². The zero-order chi connectivity index (χ0) is 18.3. The molecule has 2 amide bonds. The quantitative estimate of drug-likeness (QED) is 0.805. The third-order valence-electron chi connectivity index (χ3n) is 5.40. The lowest BCUT2D eigenvalue weighted by Gasteiger charge is -2.18. The number of rotatable bonds is 3. The first-order chi connectivity index (χ1) is 12.5. The van der Waals surface area contributed by atoms with Gasteiger partial charge in [-0.2, -0.15) is 0 Å². The Morgan fingerprint density at radius 1 is 1.19 bits per heavy atom. The van der Waals surface area contributed by atoms with E-state index in [9.17, 15) is 9.59 Å². The fourth-order valence-corrected chi connectivity index (χ4v) is 5.41. The van der Waals surface area contributed by atoms with Crippen molar-refractivity contribution in [2.75, 3.05) is 5.32 Å². The summed E-state index contributed by atoms with van der Waals surface area (Å²) >= 11 is 1.47. The molecule has 1 atom stereocenters. The second kappa shape index (κ2) is 6.87. The molecule has 7 heteroatoms. The molecule has 0 fully saturated rings. The average Bonchev–Trinajstić information content (AvgIpc) is 3.07. The Kier molecular flexibility index (Phi) is 4.56. The largest absolute Gasteiger partial charge is 0.365 e. The van der Waals surface area contributed by atoms with Crippen molar-refractivity contribution in [1.82, 2.24) is 5.16 Å². The number of anilines is 1. The first kappa shape index (κ1) is 17.3. The molecule has 0 aromatic carbocycles. The summed E-state index contributed by atoms with van der Waals surface area (Å²) in [6.45, 7) is 2.20. The number of nitrogens with zero attached hydrogens (tertiary/aromatic N) is 1. The summed E-state index contributed by atoms with van der Waals surface area (Å²) < 4.78 is 5.40. The van der Waals surface area contributed by atoms with Gasteiger partial charge in [0, 0.05) is 16.9 Å². The predicted molar refractivity (Wildman–Crippen MR) is 99.7 cm³/mol. The van der Waals surface area contributed by atoms with Crippen LogP contribution in [-0.2, 0) is 25.7 Å². The summed E-state index contributed by atoms with van der Waals surface area (Å²) in [5.41, 5.74) is 8.36. The maximum atomic E-state index is 12.8. The summed E-state index contributed by atoms with van der Waals surface area (Å²) in [6.07, 6.45) is 7.66. The van der Waals surface area contributed by atoms with Crippen LogP contribution >= 0.6 is 11.3 Å². The number of amides is 2. The number of carbonyl (C=O) groups is 2. The Hall–Kier alpha value is -2.15. The first-order valence-corrected chi connectivity index (χ1v) is 10.1. The summed E-state index contributed by atoms with van der Waals surface area (Å²) in [6, 6.07) is 0. The minimum atomic E-state index is -0.480. The SMILES string of the molecule is C[C@H]1CCc2c(sc(NC(=O)c3noc4c3CCCCC4)c2C(N)=O)C1. The molecule has 2 aromatic heterocycles. The molecule has 2 aromatic rings. The van der Waals surface area contributed by atoms with E-state index in [0.717, 1.165) is 73.1 Å². The van der Waals surface area contributed by atoms with Gasteiger partial charge < -0.3 is 15.6 Å². The summed E-state index contributed by atoms with van der Waals surface area (Å²) in [4.78, 5) is 26.0. The molecule has 3 N–H and O–H groups in total. The number of thiophene rings is 1. The van der Waals surface area contributed by atoms with Gasteiger partial charge in [-0.15, -0.1) is 11.3 Å². The lowest BCUT2D eigenvalue weighted by atomic mass is 9.88. The number of aromatic nitrogens is 1. The lowest BCUT2D eigenvalue weighted by molar-refractivity contribution is 0.1000. The number of primary amides is 1. The molecule has 0 bridgehead atoms. The van der Waals surface area contributed by atoms with Gasteiger partial charge in [0.1, 0.15) is 10.8 Å². The molecule has 0 radical (unpaired) electrons. The molecule has 2 aliphatic carbocycles. The maximum absolute atomic E-state index is 12.8. The van der Waals surface area contributed by atoms with Crippen LogP contribution in [0.25, 0.3) is 0 Å². The normalized spacial score (nSPS) is 19.3. The summed E-state index contributed by atoms with van der Waals surface area (Å²) in [7, 11) is 0. The number of nitrogens with two attached hydrogens (primary N) is 1. The van der Waals surface area contributed by atoms with Crippen LogP contribution in [0.4, 0.5) is 5.00 Å². The number of hydrogen-bond donors (Lipinski definition) is 2. The first-order valence-electron chi connectivity index (χ1n) is 9.27. The lowest BCUT2D eigenvalue weighted by Crippen LogP contribution is -2.20. The molecule has 2 aliphatic rings. The molecular weight excluding hydrogens is 350 g/mol. The molecule has 4 rings (SSSR count). The second-order valence-corrected chi connectivity index (χ2v) is 8.47. The summed E-state index contributed by atoms with van der Waals surface area (Å²) in [5, 5.41) is 7.45. The highest BCUT2D eigenvalue weighted by Gasteiger charge is 2.29. The maximum Gasteiger partial charge on any atom is 0.278 e. The van der Waals surface area contributed by atoms with Crippen LogP contribution in [0, 0.1) is 5.92 Å². The molecular formula is C19H23N3O3S. The van der Waals surface area contributed by atoms with Gasteiger partial charge in [0.15, 0.2) is 5.69 Å². The standard InChI is InChI=1S/C19H23N3O3S/c1-10-7-8-12-14(9-10)26-19(15(12)17(20)23)21-18(24)16-11-5-3-2-4-6-13(11)25-22-16/h10H,2-9H2,1H3,(H2,20,23)(H,21,24)/t10-/m0/s1. The number of fused-ring (bicyclic) bond motifs is 2. The molecule has 0 saturated carbocycles. The third kappa shape index (κ3) is 3.05. The van der Waals surface area contributed by atoms with E-state index in [0.29, 0.717) is 22.2 Å². The van der Waals surface area contributed by atoms with Crippen LogP contribution in [0.15, 0.2) is 4.52 Å². The molecule has 0 unspecified atom stereocenters. The number of nitrogens with one attached hydrogen (secondary N) is 1. The van der Waals surface area contributed by atoms with Gasteiger partial charge in [0.25, 0.3) is 11.8 Å². The number of hydrogen-bond acceptors (Lipinski definition) is 5. The van der Waals surface area contributed by atoms with Gasteiger partial charge in [0.05, 0.1) is 5.56 Å². The highest BCUT2D eigenvalue weighted by molar-refractivity contribution is 7.17. The molecule has 0 spiro atoms. The highest BCUT2D eigenvalue weighted by atomic mass is 32.1. The smallest absolute Gasteiger partial charge is 0.278 e. The molecule has 6 nitrogen and oxygen atoms in total. The van der Waals surface area contributed by atoms with Crippen molar-refractivity contribution in [1.29, 1.82) is 0 Å².